The van der Waals surface area contributed by atoms with Gasteiger partial charge in [0, 0.05) is 31.9 Å². The monoisotopic (exact) mass is 243 g/mol. The summed E-state index contributed by atoms with van der Waals surface area (Å²) in [6.07, 6.45) is 0. The zero-order chi connectivity index (χ0) is 12.8. The molecule has 1 aliphatic heterocycles. The van der Waals surface area contributed by atoms with Crippen LogP contribution in [-0.2, 0) is 0 Å². The molecule has 1 fully saturated rings. The van der Waals surface area contributed by atoms with Crippen molar-refractivity contribution in [1.29, 1.82) is 0 Å². The summed E-state index contributed by atoms with van der Waals surface area (Å²) in [5.74, 6) is 6.02. The first kappa shape index (κ1) is 12.9. The zero-order valence-corrected chi connectivity index (χ0v) is 11.0. The van der Waals surface area contributed by atoms with Crippen molar-refractivity contribution in [1.82, 2.24) is 4.90 Å². The minimum Gasteiger partial charge on any atom is -0.369 e. The second-order valence-corrected chi connectivity index (χ2v) is 4.66. The summed E-state index contributed by atoms with van der Waals surface area (Å²) in [5.41, 5.74) is 8.01. The van der Waals surface area contributed by atoms with Crippen LogP contribution in [0.25, 0.3) is 0 Å². The van der Waals surface area contributed by atoms with E-state index >= 15 is 0 Å². The molecule has 0 unspecified atom stereocenters. The van der Waals surface area contributed by atoms with Gasteiger partial charge in [0.2, 0.25) is 0 Å². The molecular formula is C15H21N3. The number of rotatable bonds is 2. The molecule has 3 nitrogen and oxygen atoms in total. The number of aryl methyl sites for hydroxylation is 1. The smallest absolute Gasteiger partial charge is 0.0603 e. The Morgan fingerprint density at radius 1 is 1.17 bits per heavy atom. The van der Waals surface area contributed by atoms with Gasteiger partial charge in [-0.3, -0.25) is 4.90 Å². The van der Waals surface area contributed by atoms with Gasteiger partial charge in [-0.1, -0.05) is 24.0 Å². The van der Waals surface area contributed by atoms with Crippen LogP contribution < -0.4 is 10.6 Å². The van der Waals surface area contributed by atoms with Gasteiger partial charge in [0.25, 0.3) is 0 Å². The minimum atomic E-state index is 0.462. The van der Waals surface area contributed by atoms with Gasteiger partial charge in [-0.2, -0.15) is 0 Å². The van der Waals surface area contributed by atoms with Crippen LogP contribution in [0.3, 0.4) is 0 Å². The molecule has 3 heteroatoms. The van der Waals surface area contributed by atoms with Crippen molar-refractivity contribution in [2.75, 3.05) is 44.2 Å². The molecule has 1 saturated heterocycles. The van der Waals surface area contributed by atoms with Crippen molar-refractivity contribution < 1.29 is 0 Å². The van der Waals surface area contributed by atoms with Gasteiger partial charge in [-0.15, -0.1) is 0 Å². The average molecular weight is 243 g/mol. The third-order valence-electron chi connectivity index (χ3n) is 3.27. The van der Waals surface area contributed by atoms with Gasteiger partial charge in [-0.25, -0.2) is 0 Å². The Morgan fingerprint density at radius 2 is 1.94 bits per heavy atom. The van der Waals surface area contributed by atoms with E-state index in [1.807, 2.05) is 0 Å². The summed E-state index contributed by atoms with van der Waals surface area (Å²) in [4.78, 5) is 4.83. The lowest BCUT2D eigenvalue weighted by Crippen LogP contribution is -2.46. The zero-order valence-electron chi connectivity index (χ0n) is 11.0. The molecule has 2 rings (SSSR count). The van der Waals surface area contributed by atoms with E-state index in [2.05, 4.69) is 52.8 Å². The van der Waals surface area contributed by atoms with Crippen LogP contribution in [0.4, 0.5) is 5.69 Å². The van der Waals surface area contributed by atoms with Crippen molar-refractivity contribution in [3.8, 4) is 11.8 Å². The molecule has 2 N–H and O–H groups in total. The van der Waals surface area contributed by atoms with Crippen LogP contribution in [0.5, 0.6) is 0 Å². The Balaban J connectivity index is 1.86. The van der Waals surface area contributed by atoms with Crippen LogP contribution in [0.15, 0.2) is 24.3 Å². The molecule has 0 bridgehead atoms. The lowest BCUT2D eigenvalue weighted by molar-refractivity contribution is 0.288. The first-order valence-electron chi connectivity index (χ1n) is 6.49. The molecule has 0 radical (unpaired) electrons. The normalized spacial score (nSPS) is 16.2. The largest absolute Gasteiger partial charge is 0.369 e. The Morgan fingerprint density at radius 3 is 2.61 bits per heavy atom. The summed E-state index contributed by atoms with van der Waals surface area (Å²) in [7, 11) is 0. The maximum atomic E-state index is 5.36. The Kier molecular flexibility index (Phi) is 4.63. The molecule has 1 aromatic carbocycles. The van der Waals surface area contributed by atoms with E-state index < -0.39 is 0 Å². The standard InChI is InChI=1S/C15H21N3/c1-14-5-4-6-15(13-14)18-11-9-17(10-12-18)8-3-2-7-16/h4-6,13H,7-12,16H2,1H3. The molecule has 0 aliphatic carbocycles. The molecular weight excluding hydrogens is 222 g/mol. The Hall–Kier alpha value is -1.50. The maximum Gasteiger partial charge on any atom is 0.0603 e. The number of anilines is 1. The number of hydrogen-bond donors (Lipinski definition) is 1. The Bertz CT molecular complexity index is 437. The predicted molar refractivity (Wildman–Crippen MR) is 76.7 cm³/mol. The number of benzene rings is 1. The molecule has 1 aliphatic rings. The van der Waals surface area contributed by atoms with Gasteiger partial charge in [0.1, 0.15) is 0 Å². The molecule has 0 amide bonds. The van der Waals surface area contributed by atoms with E-state index in [1.165, 1.54) is 11.3 Å². The van der Waals surface area contributed by atoms with Crippen LogP contribution in [0.2, 0.25) is 0 Å². The molecule has 1 heterocycles. The Labute approximate surface area is 110 Å². The SMILES string of the molecule is Cc1cccc(N2CCN(CC#CCN)CC2)c1. The second kappa shape index (κ2) is 6.44. The summed E-state index contributed by atoms with van der Waals surface area (Å²) >= 11 is 0. The van der Waals surface area contributed by atoms with Crippen molar-refractivity contribution in [3.63, 3.8) is 0 Å². The lowest BCUT2D eigenvalue weighted by atomic mass is 10.2. The number of nitrogens with zero attached hydrogens (tertiary/aromatic N) is 2. The highest BCUT2D eigenvalue weighted by Gasteiger charge is 2.16. The van der Waals surface area contributed by atoms with Crippen molar-refractivity contribution in [3.05, 3.63) is 29.8 Å². The quantitative estimate of drug-likeness (QED) is 0.789. The molecule has 0 saturated carbocycles. The predicted octanol–water partition coefficient (Wildman–Crippen LogP) is 1.08. The van der Waals surface area contributed by atoms with E-state index in [1.54, 1.807) is 0 Å². The highest BCUT2D eigenvalue weighted by molar-refractivity contribution is 5.48. The van der Waals surface area contributed by atoms with E-state index in [0.717, 1.165) is 32.7 Å². The summed E-state index contributed by atoms with van der Waals surface area (Å²) in [5, 5.41) is 0. The fourth-order valence-electron chi connectivity index (χ4n) is 2.23. The van der Waals surface area contributed by atoms with Crippen LogP contribution in [0.1, 0.15) is 5.56 Å². The number of hydrogen-bond acceptors (Lipinski definition) is 3. The summed E-state index contributed by atoms with van der Waals surface area (Å²) in [6.45, 7) is 7.76. The topological polar surface area (TPSA) is 32.5 Å². The molecule has 18 heavy (non-hydrogen) atoms. The van der Waals surface area contributed by atoms with Crippen LogP contribution in [0, 0.1) is 18.8 Å². The fourth-order valence-corrected chi connectivity index (χ4v) is 2.23. The fraction of sp³-hybridized carbons (Fsp3) is 0.467. The minimum absolute atomic E-state index is 0.462. The van der Waals surface area contributed by atoms with Crippen molar-refractivity contribution in [2.24, 2.45) is 5.73 Å². The molecule has 1 aromatic rings. The highest BCUT2D eigenvalue weighted by Crippen LogP contribution is 2.17. The van der Waals surface area contributed by atoms with E-state index in [-0.39, 0.29) is 0 Å². The second-order valence-electron chi connectivity index (χ2n) is 4.66. The highest BCUT2D eigenvalue weighted by atomic mass is 15.3. The maximum absolute atomic E-state index is 5.36. The van der Waals surface area contributed by atoms with E-state index in [0.29, 0.717) is 6.54 Å². The van der Waals surface area contributed by atoms with Gasteiger partial charge < -0.3 is 10.6 Å². The molecule has 0 spiro atoms. The number of nitrogens with two attached hydrogens (primary N) is 1. The van der Waals surface area contributed by atoms with Crippen molar-refractivity contribution in [2.45, 2.75) is 6.92 Å². The number of piperazine rings is 1. The first-order chi connectivity index (χ1) is 8.79. The van der Waals surface area contributed by atoms with Crippen molar-refractivity contribution >= 4 is 5.69 Å². The van der Waals surface area contributed by atoms with Crippen LogP contribution in [-0.4, -0.2) is 44.2 Å². The molecule has 96 valence electrons. The van der Waals surface area contributed by atoms with Gasteiger partial charge in [-0.05, 0) is 24.6 Å². The van der Waals surface area contributed by atoms with E-state index in [9.17, 15) is 0 Å². The van der Waals surface area contributed by atoms with E-state index in [4.69, 9.17) is 5.73 Å². The molecule has 0 atom stereocenters. The molecule has 0 aromatic heterocycles. The third kappa shape index (κ3) is 3.49. The summed E-state index contributed by atoms with van der Waals surface area (Å²) in [6, 6.07) is 8.71. The first-order valence-corrected chi connectivity index (χ1v) is 6.49. The summed E-state index contributed by atoms with van der Waals surface area (Å²) < 4.78 is 0. The van der Waals surface area contributed by atoms with Crippen LogP contribution >= 0.6 is 0 Å². The average Bonchev–Trinajstić information content (AvgIpc) is 2.40. The lowest BCUT2D eigenvalue weighted by Gasteiger charge is -2.35. The third-order valence-corrected chi connectivity index (χ3v) is 3.27. The van der Waals surface area contributed by atoms with Gasteiger partial charge >= 0.3 is 0 Å². The van der Waals surface area contributed by atoms with Gasteiger partial charge in [0.15, 0.2) is 0 Å². The van der Waals surface area contributed by atoms with Gasteiger partial charge in [0.05, 0.1) is 13.1 Å².